The van der Waals surface area contributed by atoms with Gasteiger partial charge in [-0.15, -0.1) is 0 Å². The Morgan fingerprint density at radius 1 is 1.24 bits per heavy atom. The van der Waals surface area contributed by atoms with Gasteiger partial charge in [-0.2, -0.15) is 0 Å². The number of rotatable bonds is 3. The van der Waals surface area contributed by atoms with Crippen molar-refractivity contribution in [3.05, 3.63) is 64.1 Å². The number of nitrogens with zero attached hydrogens (tertiary/aromatic N) is 1. The molecule has 2 aromatic rings. The third kappa shape index (κ3) is 2.71. The SMILES string of the molecule is CC1C2NC(=O)N(CCc3ccccc3)C1(C)Oc1ccc(Br)cc12. The van der Waals surface area contributed by atoms with Gasteiger partial charge in [0.1, 0.15) is 5.75 Å². The topological polar surface area (TPSA) is 41.6 Å². The van der Waals surface area contributed by atoms with Crippen LogP contribution in [0, 0.1) is 5.92 Å². The molecule has 2 aliphatic rings. The molecule has 4 nitrogen and oxygen atoms in total. The van der Waals surface area contributed by atoms with E-state index >= 15 is 0 Å². The number of carbonyl (C=O) groups excluding carboxylic acids is 1. The predicted octanol–water partition coefficient (Wildman–Crippen LogP) is 4.50. The second-order valence-electron chi connectivity index (χ2n) is 6.94. The lowest BCUT2D eigenvalue weighted by Gasteiger charge is -2.54. The maximum Gasteiger partial charge on any atom is 0.321 e. The fraction of sp³-hybridized carbons (Fsp3) is 0.350. The van der Waals surface area contributed by atoms with E-state index in [1.54, 1.807) is 0 Å². The fourth-order valence-electron chi connectivity index (χ4n) is 3.87. The Kier molecular flexibility index (Phi) is 3.99. The van der Waals surface area contributed by atoms with Crippen LogP contribution in [0.1, 0.15) is 31.0 Å². The minimum atomic E-state index is -0.650. The molecule has 2 amide bonds. The van der Waals surface area contributed by atoms with Crippen LogP contribution in [0.2, 0.25) is 0 Å². The highest BCUT2D eigenvalue weighted by Crippen LogP contribution is 2.48. The molecule has 1 fully saturated rings. The number of hydrogen-bond donors (Lipinski definition) is 1. The highest BCUT2D eigenvalue weighted by molar-refractivity contribution is 9.10. The fourth-order valence-corrected chi connectivity index (χ4v) is 4.25. The second kappa shape index (κ2) is 6.06. The van der Waals surface area contributed by atoms with Crippen LogP contribution in [0.5, 0.6) is 5.75 Å². The molecule has 2 aromatic carbocycles. The summed E-state index contributed by atoms with van der Waals surface area (Å²) in [5.41, 5.74) is 1.60. The predicted molar refractivity (Wildman–Crippen MR) is 100 cm³/mol. The monoisotopic (exact) mass is 400 g/mol. The number of amides is 2. The van der Waals surface area contributed by atoms with Crippen LogP contribution in [-0.2, 0) is 6.42 Å². The van der Waals surface area contributed by atoms with Gasteiger partial charge in [0.25, 0.3) is 0 Å². The van der Waals surface area contributed by atoms with E-state index < -0.39 is 5.72 Å². The van der Waals surface area contributed by atoms with Gasteiger partial charge < -0.3 is 10.1 Å². The first-order chi connectivity index (χ1) is 12.0. The summed E-state index contributed by atoms with van der Waals surface area (Å²) in [6.07, 6.45) is 0.803. The number of fused-ring (bicyclic) bond motifs is 4. The van der Waals surface area contributed by atoms with Crippen LogP contribution in [0.15, 0.2) is 53.0 Å². The molecule has 25 heavy (non-hydrogen) atoms. The molecule has 130 valence electrons. The smallest absolute Gasteiger partial charge is 0.321 e. The average Bonchev–Trinajstić information content (AvgIpc) is 2.60. The van der Waals surface area contributed by atoms with Crippen LogP contribution >= 0.6 is 15.9 Å². The Labute approximate surface area is 156 Å². The number of benzene rings is 2. The van der Waals surface area contributed by atoms with Crippen molar-refractivity contribution >= 4 is 22.0 Å². The summed E-state index contributed by atoms with van der Waals surface area (Å²) in [5.74, 6) is 0.987. The van der Waals surface area contributed by atoms with Gasteiger partial charge in [0, 0.05) is 22.5 Å². The standard InChI is InChI=1S/C20H21BrN2O2/c1-13-18-16-12-15(21)8-9-17(16)25-20(13,2)23(19(24)22-18)11-10-14-6-4-3-5-7-14/h3-9,12-13,18H,10-11H2,1-2H3,(H,22,24). The van der Waals surface area contributed by atoms with Crippen molar-refractivity contribution in [2.45, 2.75) is 32.0 Å². The molecule has 2 bridgehead atoms. The lowest BCUT2D eigenvalue weighted by atomic mass is 9.80. The van der Waals surface area contributed by atoms with Crippen molar-refractivity contribution in [2.75, 3.05) is 6.54 Å². The van der Waals surface area contributed by atoms with E-state index in [9.17, 15) is 4.79 Å². The quantitative estimate of drug-likeness (QED) is 0.823. The molecule has 2 heterocycles. The lowest BCUT2D eigenvalue weighted by Crippen LogP contribution is -2.69. The van der Waals surface area contributed by atoms with Crippen molar-refractivity contribution in [2.24, 2.45) is 5.92 Å². The number of nitrogens with one attached hydrogen (secondary N) is 1. The van der Waals surface area contributed by atoms with Gasteiger partial charge in [-0.1, -0.05) is 53.2 Å². The Hall–Kier alpha value is -2.01. The molecule has 2 aliphatic heterocycles. The largest absolute Gasteiger partial charge is 0.467 e. The van der Waals surface area contributed by atoms with Gasteiger partial charge in [0.05, 0.1) is 6.04 Å². The highest BCUT2D eigenvalue weighted by atomic mass is 79.9. The van der Waals surface area contributed by atoms with Gasteiger partial charge in [-0.05, 0) is 37.1 Å². The summed E-state index contributed by atoms with van der Waals surface area (Å²) >= 11 is 3.51. The molecule has 0 radical (unpaired) electrons. The van der Waals surface area contributed by atoms with E-state index in [1.807, 2.05) is 48.2 Å². The Morgan fingerprint density at radius 3 is 2.76 bits per heavy atom. The number of hydrogen-bond acceptors (Lipinski definition) is 2. The molecule has 3 unspecified atom stereocenters. The molecule has 0 aromatic heterocycles. The third-order valence-electron chi connectivity index (χ3n) is 5.50. The number of carbonyl (C=O) groups is 1. The van der Waals surface area contributed by atoms with Crippen LogP contribution < -0.4 is 10.1 Å². The Morgan fingerprint density at radius 2 is 2.00 bits per heavy atom. The van der Waals surface area contributed by atoms with E-state index in [0.29, 0.717) is 6.54 Å². The maximum absolute atomic E-state index is 12.8. The molecule has 5 heteroatoms. The van der Waals surface area contributed by atoms with E-state index in [1.165, 1.54) is 5.56 Å². The molecule has 0 spiro atoms. The normalized spacial score (nSPS) is 27.3. The van der Waals surface area contributed by atoms with Crippen molar-refractivity contribution in [1.82, 2.24) is 10.2 Å². The summed E-state index contributed by atoms with van der Waals surface area (Å²) in [7, 11) is 0. The van der Waals surface area contributed by atoms with E-state index in [2.05, 4.69) is 40.3 Å². The summed E-state index contributed by atoms with van der Waals surface area (Å²) < 4.78 is 7.37. The lowest BCUT2D eigenvalue weighted by molar-refractivity contribution is -0.123. The Balaban J connectivity index is 1.65. The third-order valence-corrected chi connectivity index (χ3v) is 5.99. The zero-order chi connectivity index (χ0) is 17.6. The molecular weight excluding hydrogens is 380 g/mol. The van der Waals surface area contributed by atoms with Crippen molar-refractivity contribution in [3.63, 3.8) is 0 Å². The summed E-state index contributed by atoms with van der Waals surface area (Å²) in [6.45, 7) is 4.79. The van der Waals surface area contributed by atoms with Gasteiger partial charge in [0.15, 0.2) is 5.72 Å². The van der Waals surface area contributed by atoms with Crippen LogP contribution in [-0.4, -0.2) is 23.2 Å². The first-order valence-electron chi connectivity index (χ1n) is 8.59. The molecule has 0 aliphatic carbocycles. The summed E-state index contributed by atoms with van der Waals surface area (Å²) in [5, 5.41) is 3.18. The maximum atomic E-state index is 12.8. The summed E-state index contributed by atoms with van der Waals surface area (Å²) in [4.78, 5) is 14.6. The van der Waals surface area contributed by atoms with Crippen molar-refractivity contribution in [3.8, 4) is 5.75 Å². The van der Waals surface area contributed by atoms with Crippen molar-refractivity contribution in [1.29, 1.82) is 0 Å². The number of ether oxygens (including phenoxy) is 1. The zero-order valence-corrected chi connectivity index (χ0v) is 15.9. The molecule has 4 rings (SSSR count). The Bertz CT molecular complexity index is 811. The minimum Gasteiger partial charge on any atom is -0.467 e. The number of halogens is 1. The number of urea groups is 1. The molecular formula is C20H21BrN2O2. The van der Waals surface area contributed by atoms with Crippen molar-refractivity contribution < 1.29 is 9.53 Å². The molecule has 1 saturated heterocycles. The first kappa shape index (κ1) is 16.5. The van der Waals surface area contributed by atoms with E-state index in [0.717, 1.165) is 22.2 Å². The zero-order valence-electron chi connectivity index (χ0n) is 14.3. The molecule has 0 saturated carbocycles. The average molecular weight is 401 g/mol. The van der Waals surface area contributed by atoms with Gasteiger partial charge >= 0.3 is 6.03 Å². The van der Waals surface area contributed by atoms with E-state index in [4.69, 9.17) is 4.74 Å². The highest BCUT2D eigenvalue weighted by Gasteiger charge is 2.54. The second-order valence-corrected chi connectivity index (χ2v) is 7.86. The van der Waals surface area contributed by atoms with Gasteiger partial charge in [-0.25, -0.2) is 4.79 Å². The van der Waals surface area contributed by atoms with Crippen LogP contribution in [0.25, 0.3) is 0 Å². The molecule has 1 N–H and O–H groups in total. The minimum absolute atomic E-state index is 0.0354. The van der Waals surface area contributed by atoms with Crippen LogP contribution in [0.4, 0.5) is 4.79 Å². The first-order valence-corrected chi connectivity index (χ1v) is 9.39. The van der Waals surface area contributed by atoms with Crippen LogP contribution in [0.3, 0.4) is 0 Å². The van der Waals surface area contributed by atoms with Gasteiger partial charge in [0.2, 0.25) is 0 Å². The molecule has 3 atom stereocenters. The summed E-state index contributed by atoms with van der Waals surface area (Å²) in [6, 6.07) is 16.1. The van der Waals surface area contributed by atoms with E-state index in [-0.39, 0.29) is 18.0 Å². The van der Waals surface area contributed by atoms with Gasteiger partial charge in [-0.3, -0.25) is 4.90 Å².